The number of carbonyl (C=O) groups excluding carboxylic acids is 2. The molecule has 2 heterocycles. The maximum absolute atomic E-state index is 13.4. The van der Waals surface area contributed by atoms with Crippen LogP contribution < -0.4 is 10.2 Å². The molecule has 0 saturated carbocycles. The average Bonchev–Trinajstić information content (AvgIpc) is 3.30. The van der Waals surface area contributed by atoms with Crippen LogP contribution in [-0.4, -0.2) is 23.3 Å². The van der Waals surface area contributed by atoms with Gasteiger partial charge in [0, 0.05) is 35.7 Å². The molecule has 8 heteroatoms. The molecular weight excluding hydrogens is 384 g/mol. The van der Waals surface area contributed by atoms with Crippen molar-refractivity contribution in [2.75, 3.05) is 16.8 Å². The van der Waals surface area contributed by atoms with Crippen LogP contribution in [0.1, 0.15) is 22.8 Å². The monoisotopic (exact) mass is 399 g/mol. The van der Waals surface area contributed by atoms with Crippen LogP contribution in [0.4, 0.5) is 19.6 Å². The molecule has 3 aromatic rings. The van der Waals surface area contributed by atoms with Crippen molar-refractivity contribution in [3.8, 4) is 11.3 Å². The number of nitrogens with one attached hydrogen (secondary N) is 1. The highest BCUT2D eigenvalue weighted by Crippen LogP contribution is 2.30. The topological polar surface area (TPSA) is 62.3 Å². The molecule has 0 bridgehead atoms. The Morgan fingerprint density at radius 2 is 1.96 bits per heavy atom. The molecule has 1 aliphatic heterocycles. The van der Waals surface area contributed by atoms with Gasteiger partial charge in [-0.25, -0.2) is 13.8 Å². The third-order valence-electron chi connectivity index (χ3n) is 4.56. The first kappa shape index (κ1) is 18.2. The standard InChI is InChI=1S/C20H15F2N3O2S/c1-11(26)25-7-6-13-8-14(3-5-18(13)25)19(27)24-20-23-17(10-28-20)12-2-4-15(21)16(22)9-12/h2-5,8-10H,6-7H2,1H3,(H,23,24,27). The molecule has 2 aromatic carbocycles. The molecule has 0 unspecified atom stereocenters. The van der Waals surface area contributed by atoms with Crippen LogP contribution >= 0.6 is 11.3 Å². The lowest BCUT2D eigenvalue weighted by Crippen LogP contribution is -2.25. The molecule has 28 heavy (non-hydrogen) atoms. The number of fused-ring (bicyclic) bond motifs is 1. The van der Waals surface area contributed by atoms with Gasteiger partial charge in [0.15, 0.2) is 16.8 Å². The number of halogens is 2. The minimum atomic E-state index is -0.950. The fraction of sp³-hybridized carbons (Fsp3) is 0.150. The largest absolute Gasteiger partial charge is 0.312 e. The van der Waals surface area contributed by atoms with Crippen molar-refractivity contribution in [3.63, 3.8) is 0 Å². The minimum Gasteiger partial charge on any atom is -0.312 e. The fourth-order valence-corrected chi connectivity index (χ4v) is 3.87. The number of rotatable bonds is 3. The van der Waals surface area contributed by atoms with E-state index in [1.807, 2.05) is 0 Å². The van der Waals surface area contributed by atoms with E-state index in [4.69, 9.17) is 0 Å². The molecule has 0 atom stereocenters. The van der Waals surface area contributed by atoms with Gasteiger partial charge in [-0.15, -0.1) is 11.3 Å². The first-order chi connectivity index (χ1) is 13.4. The Morgan fingerprint density at radius 1 is 1.14 bits per heavy atom. The average molecular weight is 399 g/mol. The first-order valence-corrected chi connectivity index (χ1v) is 9.43. The normalized spacial score (nSPS) is 12.8. The smallest absolute Gasteiger partial charge is 0.257 e. The summed E-state index contributed by atoms with van der Waals surface area (Å²) in [5.41, 5.74) is 3.12. The molecule has 142 valence electrons. The lowest BCUT2D eigenvalue weighted by atomic mass is 10.1. The quantitative estimate of drug-likeness (QED) is 0.716. The van der Waals surface area contributed by atoms with Gasteiger partial charge in [-0.05, 0) is 48.4 Å². The molecule has 0 saturated heterocycles. The van der Waals surface area contributed by atoms with Crippen molar-refractivity contribution in [1.29, 1.82) is 0 Å². The molecule has 1 N–H and O–H groups in total. The van der Waals surface area contributed by atoms with Crippen LogP contribution in [0.5, 0.6) is 0 Å². The van der Waals surface area contributed by atoms with Crippen molar-refractivity contribution in [3.05, 3.63) is 64.5 Å². The highest BCUT2D eigenvalue weighted by Gasteiger charge is 2.23. The Morgan fingerprint density at radius 3 is 2.71 bits per heavy atom. The van der Waals surface area contributed by atoms with Crippen LogP contribution in [0.3, 0.4) is 0 Å². The van der Waals surface area contributed by atoms with E-state index in [1.54, 1.807) is 28.5 Å². The van der Waals surface area contributed by atoms with E-state index in [9.17, 15) is 18.4 Å². The van der Waals surface area contributed by atoms with Gasteiger partial charge in [-0.1, -0.05) is 0 Å². The zero-order valence-corrected chi connectivity index (χ0v) is 15.6. The predicted octanol–water partition coefficient (Wildman–Crippen LogP) is 4.25. The van der Waals surface area contributed by atoms with Crippen LogP contribution in [0.15, 0.2) is 41.8 Å². The van der Waals surface area contributed by atoms with Gasteiger partial charge in [-0.3, -0.25) is 14.9 Å². The second-order valence-electron chi connectivity index (χ2n) is 6.39. The number of aromatic nitrogens is 1. The molecule has 0 aliphatic carbocycles. The first-order valence-electron chi connectivity index (χ1n) is 8.55. The molecule has 4 rings (SSSR count). The van der Waals surface area contributed by atoms with Crippen molar-refractivity contribution in [2.24, 2.45) is 0 Å². The molecule has 0 spiro atoms. The second-order valence-corrected chi connectivity index (χ2v) is 7.24. The van der Waals surface area contributed by atoms with E-state index in [-0.39, 0.29) is 11.8 Å². The summed E-state index contributed by atoms with van der Waals surface area (Å²) in [5, 5.41) is 4.74. The summed E-state index contributed by atoms with van der Waals surface area (Å²) in [6.07, 6.45) is 0.702. The molecular formula is C20H15F2N3O2S. The zero-order valence-electron chi connectivity index (χ0n) is 14.8. The second kappa shape index (κ2) is 7.12. The van der Waals surface area contributed by atoms with Crippen molar-refractivity contribution < 1.29 is 18.4 Å². The number of hydrogen-bond donors (Lipinski definition) is 1. The molecule has 0 fully saturated rings. The van der Waals surface area contributed by atoms with Gasteiger partial charge >= 0.3 is 0 Å². The van der Waals surface area contributed by atoms with Crippen molar-refractivity contribution in [2.45, 2.75) is 13.3 Å². The Labute approximate surface area is 163 Å². The molecule has 1 aromatic heterocycles. The maximum atomic E-state index is 13.4. The third kappa shape index (κ3) is 3.38. The zero-order chi connectivity index (χ0) is 19.8. The summed E-state index contributed by atoms with van der Waals surface area (Å²) >= 11 is 1.20. The predicted molar refractivity (Wildman–Crippen MR) is 104 cm³/mol. The summed E-state index contributed by atoms with van der Waals surface area (Å²) in [6, 6.07) is 8.75. The van der Waals surface area contributed by atoms with Crippen molar-refractivity contribution in [1.82, 2.24) is 4.98 Å². The van der Waals surface area contributed by atoms with Crippen LogP contribution in [0.2, 0.25) is 0 Å². The van der Waals surface area contributed by atoms with Crippen LogP contribution in [0.25, 0.3) is 11.3 Å². The van der Waals surface area contributed by atoms with Gasteiger partial charge in [0.25, 0.3) is 5.91 Å². The minimum absolute atomic E-state index is 0.0245. The van der Waals surface area contributed by atoms with E-state index < -0.39 is 11.6 Å². The Bertz CT molecular complexity index is 1100. The van der Waals surface area contributed by atoms with E-state index in [0.717, 1.165) is 23.4 Å². The van der Waals surface area contributed by atoms with Crippen molar-refractivity contribution >= 4 is 34.0 Å². The summed E-state index contributed by atoms with van der Waals surface area (Å²) in [6.45, 7) is 2.13. The van der Waals surface area contributed by atoms with E-state index in [1.165, 1.54) is 24.3 Å². The van der Waals surface area contributed by atoms with Gasteiger partial charge in [0.05, 0.1) is 5.69 Å². The maximum Gasteiger partial charge on any atom is 0.257 e. The summed E-state index contributed by atoms with van der Waals surface area (Å²) in [7, 11) is 0. The molecule has 2 amide bonds. The number of thiazole rings is 1. The SMILES string of the molecule is CC(=O)N1CCc2cc(C(=O)Nc3nc(-c4ccc(F)c(F)c4)cs3)ccc21. The Kier molecular flexibility index (Phi) is 4.64. The summed E-state index contributed by atoms with van der Waals surface area (Å²) < 4.78 is 26.5. The molecule has 5 nitrogen and oxygen atoms in total. The number of amides is 2. The Hall–Kier alpha value is -3.13. The fourth-order valence-electron chi connectivity index (χ4n) is 3.16. The van der Waals surface area contributed by atoms with Crippen LogP contribution in [0, 0.1) is 11.6 Å². The number of carbonyl (C=O) groups is 2. The summed E-state index contributed by atoms with van der Waals surface area (Å²) in [5.74, 6) is -2.22. The number of anilines is 2. The van der Waals surface area contributed by atoms with E-state index in [0.29, 0.717) is 34.9 Å². The van der Waals surface area contributed by atoms with Crippen LogP contribution in [-0.2, 0) is 11.2 Å². The number of benzene rings is 2. The van der Waals surface area contributed by atoms with Gasteiger partial charge in [0.1, 0.15) is 0 Å². The Balaban J connectivity index is 1.51. The third-order valence-corrected chi connectivity index (χ3v) is 5.32. The lowest BCUT2D eigenvalue weighted by Gasteiger charge is -2.14. The van der Waals surface area contributed by atoms with Gasteiger partial charge < -0.3 is 4.90 Å². The molecule has 0 radical (unpaired) electrons. The lowest BCUT2D eigenvalue weighted by molar-refractivity contribution is -0.116. The molecule has 1 aliphatic rings. The van der Waals surface area contributed by atoms with Gasteiger partial charge in [0.2, 0.25) is 5.91 Å². The van der Waals surface area contributed by atoms with E-state index in [2.05, 4.69) is 10.3 Å². The van der Waals surface area contributed by atoms with Gasteiger partial charge in [-0.2, -0.15) is 0 Å². The highest BCUT2D eigenvalue weighted by atomic mass is 32.1. The number of hydrogen-bond acceptors (Lipinski definition) is 4. The highest BCUT2D eigenvalue weighted by molar-refractivity contribution is 7.14. The number of nitrogens with zero attached hydrogens (tertiary/aromatic N) is 2. The van der Waals surface area contributed by atoms with E-state index >= 15 is 0 Å². The summed E-state index contributed by atoms with van der Waals surface area (Å²) in [4.78, 5) is 30.1.